The molecule has 0 radical (unpaired) electrons. The summed E-state index contributed by atoms with van der Waals surface area (Å²) in [5.41, 5.74) is 7.64. The largest absolute Gasteiger partial charge is 0.488 e. The zero-order valence-corrected chi connectivity index (χ0v) is 16.0. The molecule has 6 heteroatoms. The maximum Gasteiger partial charge on any atom is 0.253 e. The number of benzene rings is 3. The summed E-state index contributed by atoms with van der Waals surface area (Å²) in [5, 5.41) is 0. The van der Waals surface area contributed by atoms with Crippen LogP contribution >= 0.6 is 0 Å². The molecule has 2 amide bonds. The van der Waals surface area contributed by atoms with E-state index in [-0.39, 0.29) is 18.3 Å². The van der Waals surface area contributed by atoms with Crippen molar-refractivity contribution in [3.63, 3.8) is 0 Å². The van der Waals surface area contributed by atoms with Crippen LogP contribution in [0.15, 0.2) is 72.8 Å². The van der Waals surface area contributed by atoms with Gasteiger partial charge >= 0.3 is 0 Å². The standard InChI is InChI=1S/C23H21FN2O3/c1-26(14-16-6-5-9-19(24)13-16)23(28)18-8-4-7-17(12-18)15-29-21-11-3-2-10-20(21)22(25)27/h2-13H,14-15H2,1H3,(H2,25,27). The van der Waals surface area contributed by atoms with Crippen molar-refractivity contribution in [3.05, 3.63) is 101 Å². The maximum absolute atomic E-state index is 13.4. The molecule has 0 saturated heterocycles. The smallest absolute Gasteiger partial charge is 0.253 e. The number of amides is 2. The molecule has 0 heterocycles. The van der Waals surface area contributed by atoms with Crippen molar-refractivity contribution in [2.24, 2.45) is 5.73 Å². The normalized spacial score (nSPS) is 10.4. The summed E-state index contributed by atoms with van der Waals surface area (Å²) < 4.78 is 19.1. The average Bonchev–Trinajstić information content (AvgIpc) is 2.72. The molecule has 3 aromatic carbocycles. The summed E-state index contributed by atoms with van der Waals surface area (Å²) in [6.07, 6.45) is 0. The number of rotatable bonds is 7. The lowest BCUT2D eigenvalue weighted by molar-refractivity contribution is 0.0784. The molecule has 0 aliphatic rings. The van der Waals surface area contributed by atoms with Gasteiger partial charge in [0.25, 0.3) is 11.8 Å². The zero-order chi connectivity index (χ0) is 20.8. The Balaban J connectivity index is 1.69. The first kappa shape index (κ1) is 20.1. The van der Waals surface area contributed by atoms with Gasteiger partial charge in [-0.3, -0.25) is 9.59 Å². The zero-order valence-electron chi connectivity index (χ0n) is 16.0. The van der Waals surface area contributed by atoms with E-state index in [9.17, 15) is 14.0 Å². The monoisotopic (exact) mass is 392 g/mol. The highest BCUT2D eigenvalue weighted by molar-refractivity contribution is 5.95. The van der Waals surface area contributed by atoms with E-state index < -0.39 is 5.91 Å². The number of ether oxygens (including phenoxy) is 1. The fourth-order valence-corrected chi connectivity index (χ4v) is 2.95. The summed E-state index contributed by atoms with van der Waals surface area (Å²) in [6.45, 7) is 0.475. The van der Waals surface area contributed by atoms with Crippen LogP contribution in [0.4, 0.5) is 4.39 Å². The second-order valence-electron chi connectivity index (χ2n) is 6.64. The minimum Gasteiger partial charge on any atom is -0.488 e. The number of hydrogen-bond donors (Lipinski definition) is 1. The summed E-state index contributed by atoms with van der Waals surface area (Å²) in [4.78, 5) is 25.8. The van der Waals surface area contributed by atoms with Gasteiger partial charge in [0.15, 0.2) is 0 Å². The fraction of sp³-hybridized carbons (Fsp3) is 0.130. The third-order valence-corrected chi connectivity index (χ3v) is 4.38. The lowest BCUT2D eigenvalue weighted by Gasteiger charge is -2.18. The first-order chi connectivity index (χ1) is 13.9. The number of hydrogen-bond acceptors (Lipinski definition) is 3. The Hall–Kier alpha value is -3.67. The molecule has 0 bridgehead atoms. The molecular formula is C23H21FN2O3. The lowest BCUT2D eigenvalue weighted by atomic mass is 10.1. The highest BCUT2D eigenvalue weighted by atomic mass is 19.1. The van der Waals surface area contributed by atoms with Crippen LogP contribution in [-0.2, 0) is 13.2 Å². The summed E-state index contributed by atoms with van der Waals surface area (Å²) in [5.74, 6) is -0.698. The van der Waals surface area contributed by atoms with Crippen molar-refractivity contribution >= 4 is 11.8 Å². The lowest BCUT2D eigenvalue weighted by Crippen LogP contribution is -2.26. The summed E-state index contributed by atoms with van der Waals surface area (Å²) >= 11 is 0. The van der Waals surface area contributed by atoms with Crippen LogP contribution in [-0.4, -0.2) is 23.8 Å². The van der Waals surface area contributed by atoms with Crippen LogP contribution in [0.2, 0.25) is 0 Å². The van der Waals surface area contributed by atoms with E-state index in [0.717, 1.165) is 5.56 Å². The quantitative estimate of drug-likeness (QED) is 0.665. The Morgan fingerprint density at radius 2 is 1.69 bits per heavy atom. The number of nitrogens with two attached hydrogens (primary N) is 1. The van der Waals surface area contributed by atoms with E-state index in [1.54, 1.807) is 61.6 Å². The molecule has 3 rings (SSSR count). The molecule has 2 N–H and O–H groups in total. The number of para-hydroxylation sites is 1. The second kappa shape index (κ2) is 9.01. The van der Waals surface area contributed by atoms with Gasteiger partial charge in [0.1, 0.15) is 18.2 Å². The third-order valence-electron chi connectivity index (χ3n) is 4.38. The molecule has 0 spiro atoms. The maximum atomic E-state index is 13.4. The van der Waals surface area contributed by atoms with Gasteiger partial charge in [-0.1, -0.05) is 36.4 Å². The van der Waals surface area contributed by atoms with E-state index in [1.165, 1.54) is 17.0 Å². The molecule has 0 saturated carbocycles. The minimum atomic E-state index is -0.566. The number of nitrogens with zero attached hydrogens (tertiary/aromatic N) is 1. The van der Waals surface area contributed by atoms with Crippen molar-refractivity contribution in [2.45, 2.75) is 13.2 Å². The van der Waals surface area contributed by atoms with Crippen molar-refractivity contribution in [2.75, 3.05) is 7.05 Å². The van der Waals surface area contributed by atoms with Gasteiger partial charge in [-0.05, 0) is 47.5 Å². The topological polar surface area (TPSA) is 72.6 Å². The van der Waals surface area contributed by atoms with Crippen LogP contribution in [0.5, 0.6) is 5.75 Å². The SMILES string of the molecule is CN(Cc1cccc(F)c1)C(=O)c1cccc(COc2ccccc2C(N)=O)c1. The average molecular weight is 392 g/mol. The van der Waals surface area contributed by atoms with Gasteiger partial charge in [-0.2, -0.15) is 0 Å². The van der Waals surface area contributed by atoms with E-state index >= 15 is 0 Å². The molecule has 0 atom stereocenters. The predicted octanol–water partition coefficient (Wildman–Crippen LogP) is 3.78. The Morgan fingerprint density at radius 1 is 0.966 bits per heavy atom. The van der Waals surface area contributed by atoms with E-state index in [0.29, 0.717) is 29.0 Å². The van der Waals surface area contributed by atoms with Crippen molar-refractivity contribution in [3.8, 4) is 5.75 Å². The Morgan fingerprint density at radius 3 is 2.45 bits per heavy atom. The molecule has 29 heavy (non-hydrogen) atoms. The van der Waals surface area contributed by atoms with Gasteiger partial charge in [0.05, 0.1) is 5.56 Å². The Bertz CT molecular complexity index is 1040. The third kappa shape index (κ3) is 5.19. The number of primary amides is 1. The highest BCUT2D eigenvalue weighted by Crippen LogP contribution is 2.19. The van der Waals surface area contributed by atoms with Gasteiger partial charge < -0.3 is 15.4 Å². The summed E-state index contributed by atoms with van der Waals surface area (Å²) in [7, 11) is 1.67. The minimum absolute atomic E-state index is 0.180. The predicted molar refractivity (Wildman–Crippen MR) is 108 cm³/mol. The number of carbonyl (C=O) groups excluding carboxylic acids is 2. The van der Waals surface area contributed by atoms with E-state index in [1.807, 2.05) is 6.07 Å². The van der Waals surface area contributed by atoms with Crippen LogP contribution in [0.3, 0.4) is 0 Å². The van der Waals surface area contributed by atoms with Crippen LogP contribution in [0.1, 0.15) is 31.8 Å². The molecule has 0 aromatic heterocycles. The number of halogens is 1. The Kier molecular flexibility index (Phi) is 6.24. The second-order valence-corrected chi connectivity index (χ2v) is 6.64. The molecule has 0 aliphatic heterocycles. The van der Waals surface area contributed by atoms with E-state index in [4.69, 9.17) is 10.5 Å². The first-order valence-corrected chi connectivity index (χ1v) is 9.04. The van der Waals surface area contributed by atoms with Crippen LogP contribution in [0, 0.1) is 5.82 Å². The summed E-state index contributed by atoms with van der Waals surface area (Å²) in [6, 6.07) is 19.9. The van der Waals surface area contributed by atoms with Crippen molar-refractivity contribution in [1.82, 2.24) is 4.90 Å². The molecule has 0 aliphatic carbocycles. The van der Waals surface area contributed by atoms with E-state index in [2.05, 4.69) is 0 Å². The molecule has 0 fully saturated rings. The molecule has 148 valence electrons. The highest BCUT2D eigenvalue weighted by Gasteiger charge is 2.14. The van der Waals surface area contributed by atoms with Crippen molar-refractivity contribution in [1.29, 1.82) is 0 Å². The molecule has 0 unspecified atom stereocenters. The molecule has 5 nitrogen and oxygen atoms in total. The number of carbonyl (C=O) groups is 2. The first-order valence-electron chi connectivity index (χ1n) is 9.04. The van der Waals surface area contributed by atoms with Crippen LogP contribution in [0.25, 0.3) is 0 Å². The molecular weight excluding hydrogens is 371 g/mol. The Labute approximate surface area is 168 Å². The molecule has 3 aromatic rings. The van der Waals surface area contributed by atoms with Gasteiger partial charge in [0, 0.05) is 19.2 Å². The van der Waals surface area contributed by atoms with Gasteiger partial charge in [0.2, 0.25) is 0 Å². The van der Waals surface area contributed by atoms with Gasteiger partial charge in [-0.25, -0.2) is 4.39 Å². The van der Waals surface area contributed by atoms with Gasteiger partial charge in [-0.15, -0.1) is 0 Å². The fourth-order valence-electron chi connectivity index (χ4n) is 2.95. The van der Waals surface area contributed by atoms with Crippen LogP contribution < -0.4 is 10.5 Å². The van der Waals surface area contributed by atoms with Crippen molar-refractivity contribution < 1.29 is 18.7 Å².